The Morgan fingerprint density at radius 2 is 1.80 bits per heavy atom. The first-order valence-electron chi connectivity index (χ1n) is 13.4. The predicted octanol–water partition coefficient (Wildman–Crippen LogP) is 7.28. The van der Waals surface area contributed by atoms with Gasteiger partial charge in [0.15, 0.2) is 11.6 Å². The van der Waals surface area contributed by atoms with Crippen molar-refractivity contribution < 1.29 is 28.2 Å². The predicted molar refractivity (Wildman–Crippen MR) is 182 cm³/mol. The van der Waals surface area contributed by atoms with Gasteiger partial charge in [0.2, 0.25) is 5.88 Å². The Hall–Kier alpha value is -4.18. The molecule has 0 aliphatic rings. The van der Waals surface area contributed by atoms with Crippen LogP contribution in [-0.4, -0.2) is 59.7 Å². The van der Waals surface area contributed by atoms with E-state index >= 15 is 0 Å². The summed E-state index contributed by atoms with van der Waals surface area (Å²) in [5.74, 6) is 0.574. The molecule has 0 unspecified atom stereocenters. The molecule has 0 fully saturated rings. The SMILES string of the molecule is CC.CC=O.CNc1ccc(NC(=O)OCCOc2cc3sc(-c4cc(C)cc5nc(OC)cnc45)nc3cc2F)cn1.I. The first kappa shape index (κ1) is 36.0. The van der Waals surface area contributed by atoms with E-state index in [4.69, 9.17) is 19.0 Å². The van der Waals surface area contributed by atoms with Gasteiger partial charge < -0.3 is 24.3 Å². The lowest BCUT2D eigenvalue weighted by Crippen LogP contribution is -2.18. The van der Waals surface area contributed by atoms with Gasteiger partial charge in [-0.15, -0.1) is 35.3 Å². The first-order chi connectivity index (χ1) is 20.8. The van der Waals surface area contributed by atoms with Crippen molar-refractivity contribution >= 4 is 80.4 Å². The molecular formula is C30H34FIN6O5S. The summed E-state index contributed by atoms with van der Waals surface area (Å²) in [5, 5.41) is 6.14. The van der Waals surface area contributed by atoms with Crippen molar-refractivity contribution in [2.45, 2.75) is 27.7 Å². The molecule has 0 spiro atoms. The number of amides is 1. The fraction of sp³-hybridized carbons (Fsp3) is 0.267. The van der Waals surface area contributed by atoms with E-state index in [1.165, 1.54) is 37.6 Å². The fourth-order valence-corrected chi connectivity index (χ4v) is 4.71. The summed E-state index contributed by atoms with van der Waals surface area (Å²) in [7, 11) is 3.29. The van der Waals surface area contributed by atoms with E-state index in [0.29, 0.717) is 38.9 Å². The van der Waals surface area contributed by atoms with Crippen molar-refractivity contribution in [1.29, 1.82) is 0 Å². The number of aldehydes is 1. The van der Waals surface area contributed by atoms with Crippen molar-refractivity contribution in [1.82, 2.24) is 19.9 Å². The van der Waals surface area contributed by atoms with Gasteiger partial charge in [-0.2, -0.15) is 0 Å². The molecule has 5 rings (SSSR count). The van der Waals surface area contributed by atoms with Crippen LogP contribution in [0.2, 0.25) is 0 Å². The normalized spacial score (nSPS) is 9.89. The Bertz CT molecular complexity index is 1690. The third kappa shape index (κ3) is 9.41. The molecule has 0 bridgehead atoms. The highest BCUT2D eigenvalue weighted by molar-refractivity contribution is 14.0. The van der Waals surface area contributed by atoms with Crippen LogP contribution in [0.1, 0.15) is 26.3 Å². The zero-order valence-corrected chi connectivity index (χ0v) is 28.3. The van der Waals surface area contributed by atoms with Gasteiger partial charge in [-0.25, -0.2) is 29.1 Å². The Morgan fingerprint density at radius 3 is 2.45 bits per heavy atom. The van der Waals surface area contributed by atoms with Crippen molar-refractivity contribution in [3.63, 3.8) is 0 Å². The van der Waals surface area contributed by atoms with Crippen LogP contribution in [0, 0.1) is 12.7 Å². The quantitative estimate of drug-likeness (QED) is 0.0951. The van der Waals surface area contributed by atoms with Crippen molar-refractivity contribution in [2.24, 2.45) is 0 Å². The highest BCUT2D eigenvalue weighted by Gasteiger charge is 2.16. The summed E-state index contributed by atoms with van der Waals surface area (Å²) in [5.41, 5.74) is 4.13. The van der Waals surface area contributed by atoms with Gasteiger partial charge in [0, 0.05) is 24.7 Å². The molecule has 0 aliphatic heterocycles. The number of methoxy groups -OCH3 is 1. The number of ether oxygens (including phenoxy) is 3. The Labute approximate surface area is 275 Å². The number of pyridine rings is 1. The molecule has 1 amide bonds. The third-order valence-corrected chi connectivity index (χ3v) is 6.54. The number of rotatable bonds is 8. The van der Waals surface area contributed by atoms with E-state index in [-0.39, 0.29) is 42.9 Å². The number of carbonyl (C=O) groups excluding carboxylic acids is 2. The topological polar surface area (TPSA) is 137 Å². The molecule has 3 heterocycles. The molecule has 2 aromatic carbocycles. The number of benzene rings is 2. The summed E-state index contributed by atoms with van der Waals surface area (Å²) >= 11 is 1.39. The summed E-state index contributed by atoms with van der Waals surface area (Å²) in [6.07, 6.45) is 3.14. The molecule has 0 atom stereocenters. The number of aryl methyl sites for hydroxylation is 1. The smallest absolute Gasteiger partial charge is 0.411 e. The largest absolute Gasteiger partial charge is 0.487 e. The van der Waals surface area contributed by atoms with E-state index < -0.39 is 11.9 Å². The van der Waals surface area contributed by atoms with Crippen LogP contribution in [0.3, 0.4) is 0 Å². The minimum atomic E-state index is -0.665. The number of thiazole rings is 1. The van der Waals surface area contributed by atoms with Gasteiger partial charge >= 0.3 is 6.09 Å². The molecule has 44 heavy (non-hydrogen) atoms. The van der Waals surface area contributed by atoms with Gasteiger partial charge in [-0.1, -0.05) is 13.8 Å². The molecular weight excluding hydrogens is 702 g/mol. The summed E-state index contributed by atoms with van der Waals surface area (Å²) in [6.45, 7) is 7.30. The number of aromatic nitrogens is 4. The summed E-state index contributed by atoms with van der Waals surface area (Å²) < 4.78 is 31.3. The van der Waals surface area contributed by atoms with Crippen LogP contribution in [0.4, 0.5) is 20.7 Å². The molecule has 0 radical (unpaired) electrons. The van der Waals surface area contributed by atoms with E-state index in [2.05, 4.69) is 30.6 Å². The van der Waals surface area contributed by atoms with Crippen molar-refractivity contribution in [2.75, 3.05) is 38.0 Å². The number of anilines is 2. The number of carbonyl (C=O) groups is 2. The molecule has 0 saturated heterocycles. The van der Waals surface area contributed by atoms with Gasteiger partial charge in [-0.05, 0) is 43.7 Å². The molecule has 14 heteroatoms. The van der Waals surface area contributed by atoms with Gasteiger partial charge in [0.25, 0.3) is 0 Å². The van der Waals surface area contributed by atoms with Gasteiger partial charge in [0.05, 0.1) is 46.4 Å². The maximum absolute atomic E-state index is 14.7. The molecule has 3 aromatic heterocycles. The molecule has 234 valence electrons. The first-order valence-corrected chi connectivity index (χ1v) is 14.2. The van der Waals surface area contributed by atoms with Gasteiger partial charge in [-0.3, -0.25) is 5.32 Å². The number of hydrogen-bond donors (Lipinski definition) is 2. The maximum atomic E-state index is 14.7. The molecule has 2 N–H and O–H groups in total. The fourth-order valence-electron chi connectivity index (χ4n) is 3.72. The minimum absolute atomic E-state index is 0. The lowest BCUT2D eigenvalue weighted by atomic mass is 10.1. The summed E-state index contributed by atoms with van der Waals surface area (Å²) in [6, 6.07) is 10.2. The van der Waals surface area contributed by atoms with Crippen LogP contribution in [0.25, 0.3) is 31.8 Å². The summed E-state index contributed by atoms with van der Waals surface area (Å²) in [4.78, 5) is 38.5. The van der Waals surface area contributed by atoms with Crippen LogP contribution in [0.5, 0.6) is 11.6 Å². The minimum Gasteiger partial charge on any atom is -0.487 e. The van der Waals surface area contributed by atoms with E-state index in [1.807, 2.05) is 32.9 Å². The van der Waals surface area contributed by atoms with Crippen LogP contribution in [-0.2, 0) is 9.53 Å². The van der Waals surface area contributed by atoms with E-state index in [9.17, 15) is 9.18 Å². The molecule has 0 aliphatic carbocycles. The lowest BCUT2D eigenvalue weighted by molar-refractivity contribution is -0.106. The second-order valence-corrected chi connectivity index (χ2v) is 9.42. The second kappa shape index (κ2) is 17.8. The zero-order chi connectivity index (χ0) is 31.4. The Balaban J connectivity index is 0.00000106. The van der Waals surface area contributed by atoms with Crippen molar-refractivity contribution in [3.05, 3.63) is 60.2 Å². The average Bonchev–Trinajstić information content (AvgIpc) is 3.42. The average molecular weight is 737 g/mol. The second-order valence-electron chi connectivity index (χ2n) is 8.39. The van der Waals surface area contributed by atoms with E-state index in [0.717, 1.165) is 22.1 Å². The Morgan fingerprint density at radius 1 is 1.05 bits per heavy atom. The number of hydrogen-bond acceptors (Lipinski definition) is 11. The van der Waals surface area contributed by atoms with Crippen LogP contribution < -0.4 is 20.1 Å². The Kier molecular flexibility index (Phi) is 14.6. The molecule has 5 aromatic rings. The zero-order valence-electron chi connectivity index (χ0n) is 25.1. The highest BCUT2D eigenvalue weighted by Crippen LogP contribution is 2.37. The van der Waals surface area contributed by atoms with E-state index in [1.54, 1.807) is 31.4 Å². The van der Waals surface area contributed by atoms with Gasteiger partial charge in [0.1, 0.15) is 30.3 Å². The lowest BCUT2D eigenvalue weighted by Gasteiger charge is -2.09. The number of nitrogens with zero attached hydrogens (tertiary/aromatic N) is 4. The standard InChI is InChI=1S/C26H23FN6O4S.C2H4O.C2H6.HI/c1-14-8-16(24-19(9-14)32-23(35-3)13-30-24)25-33-18-10-17(27)20(11-21(18)38-25)36-6-7-37-26(34)31-15-4-5-22(28-2)29-12-15;1-2-3;1-2;/h4-5,8-13H,6-7H2,1-3H3,(H,28,29)(H,31,34);2H,1H3;1-2H3;1H. The van der Waals surface area contributed by atoms with Crippen molar-refractivity contribution in [3.8, 4) is 22.2 Å². The third-order valence-electron chi connectivity index (χ3n) is 5.49. The molecule has 11 nitrogen and oxygen atoms in total. The van der Waals surface area contributed by atoms with Crippen LogP contribution in [0.15, 0.2) is 48.8 Å². The molecule has 0 saturated carbocycles. The van der Waals surface area contributed by atoms with Crippen LogP contribution >= 0.6 is 35.3 Å². The highest BCUT2D eigenvalue weighted by atomic mass is 127. The maximum Gasteiger partial charge on any atom is 0.411 e. The number of nitrogens with one attached hydrogen (secondary N) is 2. The monoisotopic (exact) mass is 736 g/mol. The number of fused-ring (bicyclic) bond motifs is 2. The number of halogens is 2.